The van der Waals surface area contributed by atoms with Gasteiger partial charge in [0.25, 0.3) is 11.8 Å². The number of halogens is 2. The smallest absolute Gasteiger partial charge is 0.870 e. The fourth-order valence-corrected chi connectivity index (χ4v) is 9.59. The molecule has 0 saturated carbocycles. The van der Waals surface area contributed by atoms with Gasteiger partial charge in [-0.2, -0.15) is 0 Å². The molecule has 408 valence electrons. The van der Waals surface area contributed by atoms with Gasteiger partial charge < -0.3 is 42.4 Å². The van der Waals surface area contributed by atoms with Crippen molar-refractivity contribution in [2.45, 2.75) is 110 Å². The largest absolute Gasteiger partial charge is 1.00 e. The predicted octanol–water partition coefficient (Wildman–Crippen LogP) is 6.68. The summed E-state index contributed by atoms with van der Waals surface area (Å²) in [6, 6.07) is 19.3. The molecular formula is C53H61I2LiN12O10. The summed E-state index contributed by atoms with van der Waals surface area (Å²) in [6.45, 7) is 13.2. The number of aromatic carboxylic acids is 1. The third kappa shape index (κ3) is 15.4. The number of pyridine rings is 2. The molecule has 25 heteroatoms. The molecule has 78 heavy (non-hydrogen) atoms. The van der Waals surface area contributed by atoms with Crippen LogP contribution in [0.3, 0.4) is 0 Å². The summed E-state index contributed by atoms with van der Waals surface area (Å²) in [5.41, 5.74) is 1.13. The molecule has 0 bridgehead atoms. The number of Topliss-reactive ketones (excluding diaryl/α,β-unsaturated/α-hetero) is 1. The molecular weight excluding hydrogens is 1230 g/mol. The summed E-state index contributed by atoms with van der Waals surface area (Å²) in [5.74, 6) is 12.1. The number of carbonyl (C=O) groups is 6. The number of carbonyl (C=O) groups excluding carboxylic acids is 5. The zero-order valence-corrected chi connectivity index (χ0v) is 48.9. The van der Waals surface area contributed by atoms with Crippen molar-refractivity contribution in [3.8, 4) is 22.5 Å². The summed E-state index contributed by atoms with van der Waals surface area (Å²) < 4.78 is 15.4. The van der Waals surface area contributed by atoms with Gasteiger partial charge in [0, 0.05) is 61.8 Å². The number of ketones is 1. The van der Waals surface area contributed by atoms with Crippen molar-refractivity contribution >= 4 is 92.6 Å². The number of imidazole rings is 2. The van der Waals surface area contributed by atoms with Crippen molar-refractivity contribution in [2.75, 3.05) is 35.4 Å². The molecule has 2 atom stereocenters. The van der Waals surface area contributed by atoms with Crippen molar-refractivity contribution in [1.82, 2.24) is 39.1 Å². The van der Waals surface area contributed by atoms with Gasteiger partial charge >= 0.3 is 37.0 Å². The zero-order chi connectivity index (χ0) is 55.2. The Labute approximate surface area is 490 Å². The molecule has 0 spiro atoms. The number of nitrogens with two attached hydrogens (primary N) is 2. The minimum absolute atomic E-state index is 0. The van der Waals surface area contributed by atoms with Crippen LogP contribution in [-0.2, 0) is 9.47 Å². The molecule has 4 aromatic heterocycles. The van der Waals surface area contributed by atoms with E-state index >= 15 is 0 Å². The Bertz CT molecular complexity index is 2950. The standard InChI is InChI=1S/C27H31IN6O4.C26H29IN6O5.Li.H2O/c1-16(35)23-22(17-8-10-18(11-9-17)25(36)31-21-15-19(28)12-13-30-21)32-24(34(23)29)20-7-5-6-14-33(20)26(37)38-27(2,3)4;1-26(2,3)38-25(37)32-13-5-4-6-18(32)22-31-20(21(24(35)36)33(22)28)15-7-9-16(10-8-15)23(34)30-19-14-17(27)11-12-29-19;;/h8-13,15,20H,5-7,14,29H2,1-4H3,(H,30,31,36);7-12,14,18H,4-6,13,28H2,1-3H3,(H,35,36)(H,29,30,34);;1H2/q;;+1;/p-1/t20-;18-;;/m00../s1. The minimum atomic E-state index is -1.26. The SMILES string of the molecule is CC(=O)c1c(-c2ccc(C(=O)Nc3cc(I)ccn3)cc2)nc([C@@H]2CCCCN2C(=O)OC(C)(C)C)n1N.CC(C)(C)OC(=O)N1CCCC[C@H]1c1nc(-c2ccc(C(=O)Nc3cc(I)ccn3)cc2)c(C(=O)O)n1N.[Li+].[OH-]. The topological polar surface area (TPSA) is 315 Å². The Kier molecular flexibility index (Phi) is 21.0. The first-order chi connectivity index (χ1) is 35.9. The van der Waals surface area contributed by atoms with Gasteiger partial charge in [0.05, 0.1) is 12.1 Å². The molecule has 0 aliphatic carbocycles. The third-order valence-corrected chi connectivity index (χ3v) is 13.4. The summed E-state index contributed by atoms with van der Waals surface area (Å²) in [7, 11) is 0. The molecule has 2 saturated heterocycles. The Hall–Kier alpha value is -6.60. The van der Waals surface area contributed by atoms with Crippen LogP contribution in [0.1, 0.15) is 152 Å². The second-order valence-corrected chi connectivity index (χ2v) is 22.6. The van der Waals surface area contributed by atoms with Gasteiger partial charge in [-0.25, -0.2) is 43.7 Å². The number of likely N-dealkylation sites (tertiary alicyclic amines) is 2. The molecule has 22 nitrogen and oxygen atoms in total. The molecule has 8 rings (SSSR count). The van der Waals surface area contributed by atoms with Crippen molar-refractivity contribution in [3.05, 3.63) is 126 Å². The van der Waals surface area contributed by atoms with Crippen molar-refractivity contribution in [2.24, 2.45) is 0 Å². The third-order valence-electron chi connectivity index (χ3n) is 12.0. The van der Waals surface area contributed by atoms with E-state index < -0.39 is 41.4 Å². The predicted molar refractivity (Wildman–Crippen MR) is 303 cm³/mol. The first-order valence-electron chi connectivity index (χ1n) is 24.4. The normalized spacial score (nSPS) is 15.3. The van der Waals surface area contributed by atoms with Gasteiger partial charge in [-0.15, -0.1) is 0 Å². The van der Waals surface area contributed by atoms with Crippen LogP contribution in [0.5, 0.6) is 0 Å². The van der Waals surface area contributed by atoms with E-state index in [9.17, 15) is 33.9 Å². The molecule has 6 heterocycles. The second-order valence-electron chi connectivity index (χ2n) is 20.1. The molecule has 4 amide bonds. The van der Waals surface area contributed by atoms with Gasteiger partial charge in [0.15, 0.2) is 23.1 Å². The number of aromatic nitrogens is 6. The van der Waals surface area contributed by atoms with Crippen molar-refractivity contribution in [3.63, 3.8) is 0 Å². The van der Waals surface area contributed by atoms with Crippen LogP contribution in [0.25, 0.3) is 22.5 Å². The van der Waals surface area contributed by atoms with Crippen molar-refractivity contribution < 1.29 is 67.7 Å². The Morgan fingerprint density at radius 3 is 1.33 bits per heavy atom. The molecule has 2 fully saturated rings. The first kappa shape index (κ1) is 62.2. The summed E-state index contributed by atoms with van der Waals surface area (Å²) >= 11 is 4.28. The quantitative estimate of drug-likeness (QED) is 0.0413. The molecule has 2 aliphatic rings. The van der Waals surface area contributed by atoms with Crippen LogP contribution in [-0.4, -0.2) is 110 Å². The van der Waals surface area contributed by atoms with E-state index in [2.05, 4.69) is 70.8 Å². The number of nitrogen functional groups attached to an aromatic ring is 2. The zero-order valence-electron chi connectivity index (χ0n) is 44.5. The van der Waals surface area contributed by atoms with Crippen LogP contribution in [0.2, 0.25) is 0 Å². The maximum atomic E-state index is 13.0. The van der Waals surface area contributed by atoms with Crippen LogP contribution >= 0.6 is 45.2 Å². The van der Waals surface area contributed by atoms with E-state index in [0.29, 0.717) is 71.3 Å². The van der Waals surface area contributed by atoms with E-state index in [-0.39, 0.29) is 64.8 Å². The number of ether oxygens (including phenoxy) is 2. The number of nitrogens with zero attached hydrogens (tertiary/aromatic N) is 8. The Balaban J connectivity index is 0.000000280. The number of benzene rings is 2. The van der Waals surface area contributed by atoms with Crippen LogP contribution in [0.15, 0.2) is 85.2 Å². The number of piperidine rings is 2. The number of hydrogen-bond acceptors (Lipinski definition) is 15. The monoisotopic (exact) mass is 1290 g/mol. The Morgan fingerprint density at radius 2 is 0.987 bits per heavy atom. The van der Waals surface area contributed by atoms with Crippen LogP contribution in [0.4, 0.5) is 21.2 Å². The second kappa shape index (κ2) is 26.4. The molecule has 0 unspecified atom stereocenters. The minimum Gasteiger partial charge on any atom is -0.870 e. The van der Waals surface area contributed by atoms with E-state index in [1.54, 1.807) is 104 Å². The fourth-order valence-electron chi connectivity index (χ4n) is 8.67. The van der Waals surface area contributed by atoms with Gasteiger partial charge in [-0.1, -0.05) is 24.3 Å². The Morgan fingerprint density at radius 1 is 0.615 bits per heavy atom. The summed E-state index contributed by atoms with van der Waals surface area (Å²) in [5, 5.41) is 15.5. The number of hydrogen-bond donors (Lipinski definition) is 5. The van der Waals surface area contributed by atoms with E-state index in [4.69, 9.17) is 26.1 Å². The maximum Gasteiger partial charge on any atom is 1.00 e. The molecule has 2 aliphatic heterocycles. The molecule has 0 radical (unpaired) electrons. The molecule has 8 N–H and O–H groups in total. The average Bonchev–Trinajstić information content (AvgIpc) is 3.90. The number of carboxylic acids is 1. The van der Waals surface area contributed by atoms with E-state index in [1.807, 2.05) is 32.9 Å². The fraction of sp³-hybridized carbons (Fsp3) is 0.358. The number of carboxylic acid groups (broad SMARTS) is 1. The van der Waals surface area contributed by atoms with Gasteiger partial charge in [0.1, 0.15) is 39.9 Å². The van der Waals surface area contributed by atoms with E-state index in [0.717, 1.165) is 37.5 Å². The van der Waals surface area contributed by atoms with Gasteiger partial charge in [-0.3, -0.25) is 24.2 Å². The van der Waals surface area contributed by atoms with Crippen molar-refractivity contribution in [1.29, 1.82) is 0 Å². The first-order valence-corrected chi connectivity index (χ1v) is 26.6. The van der Waals surface area contributed by atoms with Gasteiger partial charge in [-0.05, 0) is 174 Å². The van der Waals surface area contributed by atoms with Crippen LogP contribution in [0, 0.1) is 7.14 Å². The average molecular weight is 1290 g/mol. The van der Waals surface area contributed by atoms with E-state index in [1.165, 1.54) is 11.6 Å². The van der Waals surface area contributed by atoms with Crippen LogP contribution < -0.4 is 41.2 Å². The van der Waals surface area contributed by atoms with Gasteiger partial charge in [0.2, 0.25) is 0 Å². The number of anilines is 2. The summed E-state index contributed by atoms with van der Waals surface area (Å²) in [4.78, 5) is 97.0. The summed E-state index contributed by atoms with van der Waals surface area (Å²) in [6.07, 6.45) is 6.86. The molecule has 6 aromatic rings. The molecule has 2 aromatic carbocycles. The number of rotatable bonds is 10. The maximum absolute atomic E-state index is 13.0. The number of amides is 4. The number of nitrogens with one attached hydrogen (secondary N) is 2.